The molecule has 1 aliphatic heterocycles. The van der Waals surface area contributed by atoms with Crippen molar-refractivity contribution >= 4 is 45.9 Å². The third-order valence-corrected chi connectivity index (χ3v) is 6.81. The molecule has 2 N–H and O–H groups in total. The largest absolute Gasteiger partial charge is 0.361 e. The zero-order valence-electron chi connectivity index (χ0n) is 18.2. The van der Waals surface area contributed by atoms with Crippen LogP contribution >= 0.6 is 23.2 Å². The lowest BCUT2D eigenvalue weighted by Crippen LogP contribution is -2.52. The number of nitrogens with zero attached hydrogens (tertiary/aromatic N) is 1. The minimum Gasteiger partial charge on any atom is -0.361 e. The van der Waals surface area contributed by atoms with Gasteiger partial charge in [0.1, 0.15) is 6.04 Å². The van der Waals surface area contributed by atoms with Crippen molar-refractivity contribution in [2.75, 3.05) is 13.1 Å². The fourth-order valence-electron chi connectivity index (χ4n) is 4.45. The number of carbonyl (C=O) groups is 2. The van der Waals surface area contributed by atoms with Crippen LogP contribution in [0.2, 0.25) is 10.0 Å². The Morgan fingerprint density at radius 1 is 1.09 bits per heavy atom. The molecule has 0 unspecified atom stereocenters. The van der Waals surface area contributed by atoms with Gasteiger partial charge in [0.25, 0.3) is 5.91 Å². The van der Waals surface area contributed by atoms with Crippen molar-refractivity contribution in [3.8, 4) is 0 Å². The average Bonchev–Trinajstić information content (AvgIpc) is 3.21. The Labute approximate surface area is 198 Å². The lowest BCUT2D eigenvalue weighted by Gasteiger charge is -2.35. The van der Waals surface area contributed by atoms with Gasteiger partial charge in [-0.15, -0.1) is 0 Å². The van der Waals surface area contributed by atoms with Crippen LogP contribution in [0.25, 0.3) is 10.9 Å². The molecule has 2 amide bonds. The SMILES string of the molecule is CC(C)[C@@H](NC(=O)c1ccc(Cl)cc1Cl)C(=O)N1CCC(c2c[nH]c3ccccc23)CC1. The van der Waals surface area contributed by atoms with Gasteiger partial charge in [-0.1, -0.05) is 55.2 Å². The monoisotopic (exact) mass is 471 g/mol. The number of carbonyl (C=O) groups excluding carboxylic acids is 2. The highest BCUT2D eigenvalue weighted by Crippen LogP contribution is 2.33. The molecule has 1 atom stereocenters. The molecule has 7 heteroatoms. The van der Waals surface area contributed by atoms with Crippen molar-refractivity contribution in [3.63, 3.8) is 0 Å². The molecule has 168 valence electrons. The number of hydrogen-bond acceptors (Lipinski definition) is 2. The molecule has 1 aliphatic rings. The van der Waals surface area contributed by atoms with E-state index in [1.807, 2.05) is 24.8 Å². The molecular weight excluding hydrogens is 445 g/mol. The third-order valence-electron chi connectivity index (χ3n) is 6.26. The van der Waals surface area contributed by atoms with Crippen LogP contribution in [0, 0.1) is 5.92 Å². The second-order valence-corrected chi connectivity index (χ2v) is 9.55. The molecule has 4 rings (SSSR count). The summed E-state index contributed by atoms with van der Waals surface area (Å²) >= 11 is 12.1. The summed E-state index contributed by atoms with van der Waals surface area (Å²) in [5.74, 6) is -0.0535. The number of aromatic nitrogens is 1. The Kier molecular flexibility index (Phi) is 6.77. The van der Waals surface area contributed by atoms with Gasteiger partial charge < -0.3 is 15.2 Å². The summed E-state index contributed by atoms with van der Waals surface area (Å²) in [6, 6.07) is 12.4. The van der Waals surface area contributed by atoms with Crippen LogP contribution in [0.15, 0.2) is 48.7 Å². The first-order valence-electron chi connectivity index (χ1n) is 11.0. The quantitative estimate of drug-likeness (QED) is 0.505. The summed E-state index contributed by atoms with van der Waals surface area (Å²) in [5.41, 5.74) is 2.77. The fourth-order valence-corrected chi connectivity index (χ4v) is 4.94. The van der Waals surface area contributed by atoms with E-state index in [4.69, 9.17) is 23.2 Å². The van der Waals surface area contributed by atoms with E-state index in [-0.39, 0.29) is 22.8 Å². The molecule has 0 spiro atoms. The van der Waals surface area contributed by atoms with Crippen molar-refractivity contribution in [2.24, 2.45) is 5.92 Å². The number of aromatic amines is 1. The van der Waals surface area contributed by atoms with Gasteiger partial charge in [0, 0.05) is 35.2 Å². The van der Waals surface area contributed by atoms with E-state index in [0.717, 1.165) is 18.4 Å². The van der Waals surface area contributed by atoms with Gasteiger partial charge in [0.2, 0.25) is 5.91 Å². The highest BCUT2D eigenvalue weighted by Gasteiger charge is 2.32. The molecule has 0 aliphatic carbocycles. The maximum atomic E-state index is 13.3. The maximum absolute atomic E-state index is 13.3. The van der Waals surface area contributed by atoms with Crippen LogP contribution in [0.4, 0.5) is 0 Å². The number of fused-ring (bicyclic) bond motifs is 1. The average molecular weight is 472 g/mol. The number of likely N-dealkylation sites (tertiary alicyclic amines) is 1. The number of nitrogens with one attached hydrogen (secondary N) is 2. The summed E-state index contributed by atoms with van der Waals surface area (Å²) in [7, 11) is 0. The number of hydrogen-bond donors (Lipinski definition) is 2. The number of para-hydroxylation sites is 1. The van der Waals surface area contributed by atoms with E-state index >= 15 is 0 Å². The van der Waals surface area contributed by atoms with Gasteiger partial charge >= 0.3 is 0 Å². The second kappa shape index (κ2) is 9.55. The minimum atomic E-state index is -0.612. The lowest BCUT2D eigenvalue weighted by atomic mass is 9.88. The summed E-state index contributed by atoms with van der Waals surface area (Å²) < 4.78 is 0. The second-order valence-electron chi connectivity index (χ2n) is 8.71. The molecule has 3 aromatic rings. The molecule has 1 fully saturated rings. The van der Waals surface area contributed by atoms with E-state index < -0.39 is 6.04 Å². The predicted molar refractivity (Wildman–Crippen MR) is 129 cm³/mol. The van der Waals surface area contributed by atoms with Crippen LogP contribution < -0.4 is 5.32 Å². The zero-order chi connectivity index (χ0) is 22.8. The van der Waals surface area contributed by atoms with E-state index in [1.165, 1.54) is 17.0 Å². The highest BCUT2D eigenvalue weighted by atomic mass is 35.5. The topological polar surface area (TPSA) is 65.2 Å². The first-order valence-corrected chi connectivity index (χ1v) is 11.7. The van der Waals surface area contributed by atoms with Crippen LogP contribution in [0.5, 0.6) is 0 Å². The van der Waals surface area contributed by atoms with E-state index in [0.29, 0.717) is 29.6 Å². The van der Waals surface area contributed by atoms with Crippen LogP contribution in [-0.4, -0.2) is 40.8 Å². The molecule has 0 saturated carbocycles. The van der Waals surface area contributed by atoms with Gasteiger partial charge in [0.05, 0.1) is 10.6 Å². The van der Waals surface area contributed by atoms with Crippen LogP contribution in [-0.2, 0) is 4.79 Å². The molecule has 32 heavy (non-hydrogen) atoms. The van der Waals surface area contributed by atoms with Crippen molar-refractivity contribution in [2.45, 2.75) is 38.6 Å². The molecule has 2 heterocycles. The fraction of sp³-hybridized carbons (Fsp3) is 0.360. The molecule has 0 bridgehead atoms. The molecule has 5 nitrogen and oxygen atoms in total. The number of rotatable bonds is 5. The van der Waals surface area contributed by atoms with Crippen LogP contribution in [0.1, 0.15) is 48.5 Å². The maximum Gasteiger partial charge on any atom is 0.253 e. The summed E-state index contributed by atoms with van der Waals surface area (Å²) in [5, 5.41) is 4.87. The van der Waals surface area contributed by atoms with Gasteiger partial charge in [-0.25, -0.2) is 0 Å². The molecule has 1 saturated heterocycles. The minimum absolute atomic E-state index is 0.0455. The Bertz CT molecular complexity index is 1130. The van der Waals surface area contributed by atoms with Gasteiger partial charge in [-0.3, -0.25) is 9.59 Å². The number of amides is 2. The summed E-state index contributed by atoms with van der Waals surface area (Å²) in [6.07, 6.45) is 3.89. The summed E-state index contributed by atoms with van der Waals surface area (Å²) in [4.78, 5) is 31.3. The number of benzene rings is 2. The Balaban J connectivity index is 1.42. The number of piperidine rings is 1. The highest BCUT2D eigenvalue weighted by molar-refractivity contribution is 6.36. The lowest BCUT2D eigenvalue weighted by molar-refractivity contribution is -0.135. The molecule has 2 aromatic carbocycles. The van der Waals surface area contributed by atoms with E-state index in [9.17, 15) is 9.59 Å². The van der Waals surface area contributed by atoms with Crippen molar-refractivity contribution < 1.29 is 9.59 Å². The standard InChI is InChI=1S/C25H27Cl2N3O2/c1-15(2)23(29-24(31)19-8-7-17(26)13-21(19)27)25(32)30-11-9-16(10-12-30)20-14-28-22-6-4-3-5-18(20)22/h3-8,13-16,23,28H,9-12H2,1-2H3,(H,29,31)/t23-/m1/s1. The molecular formula is C25H27Cl2N3O2. The Hall–Kier alpha value is -2.50. The van der Waals surface area contributed by atoms with Gasteiger partial charge in [0.15, 0.2) is 0 Å². The Morgan fingerprint density at radius 2 is 1.81 bits per heavy atom. The zero-order valence-corrected chi connectivity index (χ0v) is 19.7. The number of H-pyrrole nitrogens is 1. The van der Waals surface area contributed by atoms with Crippen molar-refractivity contribution in [3.05, 3.63) is 69.8 Å². The van der Waals surface area contributed by atoms with Crippen LogP contribution in [0.3, 0.4) is 0 Å². The van der Waals surface area contributed by atoms with Gasteiger partial charge in [-0.2, -0.15) is 0 Å². The van der Waals surface area contributed by atoms with E-state index in [1.54, 1.807) is 12.1 Å². The smallest absolute Gasteiger partial charge is 0.253 e. The van der Waals surface area contributed by atoms with E-state index in [2.05, 4.69) is 34.7 Å². The first kappa shape index (κ1) is 22.7. The molecule has 0 radical (unpaired) electrons. The van der Waals surface area contributed by atoms with Crippen molar-refractivity contribution in [1.82, 2.24) is 15.2 Å². The normalized spacial score (nSPS) is 15.8. The van der Waals surface area contributed by atoms with Gasteiger partial charge in [-0.05, 0) is 54.5 Å². The van der Waals surface area contributed by atoms with Crippen molar-refractivity contribution in [1.29, 1.82) is 0 Å². The number of halogens is 2. The third kappa shape index (κ3) is 4.64. The molecule has 1 aromatic heterocycles. The Morgan fingerprint density at radius 3 is 2.50 bits per heavy atom. The first-order chi connectivity index (χ1) is 15.3. The predicted octanol–water partition coefficient (Wildman–Crippen LogP) is 5.64. The summed E-state index contributed by atoms with van der Waals surface area (Å²) in [6.45, 7) is 5.21.